The molecule has 0 bridgehead atoms. The van der Waals surface area contributed by atoms with E-state index in [9.17, 15) is 4.39 Å². The molecule has 0 radical (unpaired) electrons. The maximum absolute atomic E-state index is 12.9. The Balaban J connectivity index is 1.40. The highest BCUT2D eigenvalue weighted by Crippen LogP contribution is 2.24. The topological polar surface area (TPSA) is 9.72 Å². The molecule has 0 N–H and O–H groups in total. The van der Waals surface area contributed by atoms with Gasteiger partial charge in [-0.2, -0.15) is 0 Å². The molecule has 0 amide bonds. The zero-order chi connectivity index (χ0) is 17.6. The van der Waals surface area contributed by atoms with Gasteiger partial charge in [-0.05, 0) is 63.5 Å². The largest absolute Gasteiger partial charge is 0.304 e. The molecular weight excluding hydrogens is 313 g/mol. The molecule has 1 aromatic rings. The van der Waals surface area contributed by atoms with Crippen molar-refractivity contribution in [1.29, 1.82) is 0 Å². The van der Waals surface area contributed by atoms with Crippen molar-refractivity contribution in [3.8, 4) is 0 Å². The van der Waals surface area contributed by atoms with Gasteiger partial charge in [-0.3, -0.25) is 9.80 Å². The average molecular weight is 346 g/mol. The number of halogens is 1. The Morgan fingerprint density at radius 1 is 1.04 bits per heavy atom. The maximum atomic E-state index is 12.9. The summed E-state index contributed by atoms with van der Waals surface area (Å²) in [6, 6.07) is 7.41. The van der Waals surface area contributed by atoms with Crippen LogP contribution in [0.5, 0.6) is 0 Å². The predicted molar refractivity (Wildman–Crippen MR) is 103 cm³/mol. The van der Waals surface area contributed by atoms with Gasteiger partial charge in [0.05, 0.1) is 0 Å². The molecular formula is C21H32FN3. The van der Waals surface area contributed by atoms with Gasteiger partial charge in [-0.25, -0.2) is 4.39 Å². The van der Waals surface area contributed by atoms with Crippen molar-refractivity contribution in [3.63, 3.8) is 0 Å². The summed E-state index contributed by atoms with van der Waals surface area (Å²) in [5, 5.41) is 0. The molecule has 2 saturated heterocycles. The third-order valence-corrected chi connectivity index (χ3v) is 5.97. The molecule has 0 unspecified atom stereocenters. The maximum Gasteiger partial charge on any atom is 0.123 e. The van der Waals surface area contributed by atoms with Crippen molar-refractivity contribution < 1.29 is 4.39 Å². The van der Waals surface area contributed by atoms with Gasteiger partial charge in [0.25, 0.3) is 0 Å². The summed E-state index contributed by atoms with van der Waals surface area (Å²) < 4.78 is 12.9. The second-order valence-corrected chi connectivity index (χ2v) is 7.67. The monoisotopic (exact) mass is 345 g/mol. The highest BCUT2D eigenvalue weighted by Gasteiger charge is 2.28. The molecule has 0 saturated carbocycles. The fourth-order valence-electron chi connectivity index (χ4n) is 4.06. The van der Waals surface area contributed by atoms with Crippen molar-refractivity contribution in [3.05, 3.63) is 41.7 Å². The average Bonchev–Trinajstić information content (AvgIpc) is 2.64. The molecule has 2 fully saturated rings. The summed E-state index contributed by atoms with van der Waals surface area (Å²) in [5.41, 5.74) is 1.07. The Bertz CT molecular complexity index is 541. The van der Waals surface area contributed by atoms with E-state index in [4.69, 9.17) is 0 Å². The first-order chi connectivity index (χ1) is 12.1. The summed E-state index contributed by atoms with van der Waals surface area (Å²) in [6.45, 7) is 10.7. The van der Waals surface area contributed by atoms with Gasteiger partial charge in [0.1, 0.15) is 5.82 Å². The van der Waals surface area contributed by atoms with Crippen molar-refractivity contribution in [2.24, 2.45) is 5.92 Å². The molecule has 25 heavy (non-hydrogen) atoms. The lowest BCUT2D eigenvalue weighted by Crippen LogP contribution is -2.51. The summed E-state index contributed by atoms with van der Waals surface area (Å²) in [7, 11) is 2.22. The molecule has 0 aromatic heterocycles. The van der Waals surface area contributed by atoms with Crippen LogP contribution in [-0.2, 0) is 0 Å². The Labute approximate surface area is 152 Å². The molecule has 1 aromatic carbocycles. The fraction of sp³-hybridized carbons (Fsp3) is 0.619. The summed E-state index contributed by atoms with van der Waals surface area (Å²) in [6.07, 6.45) is 6.91. The number of rotatable bonds is 5. The molecule has 3 rings (SSSR count). The van der Waals surface area contributed by atoms with Gasteiger partial charge >= 0.3 is 0 Å². The number of nitrogens with zero attached hydrogens (tertiary/aromatic N) is 3. The van der Waals surface area contributed by atoms with Crippen molar-refractivity contribution >= 4 is 6.08 Å². The zero-order valence-electron chi connectivity index (χ0n) is 15.7. The van der Waals surface area contributed by atoms with E-state index in [0.29, 0.717) is 6.04 Å². The minimum absolute atomic E-state index is 0.173. The number of likely N-dealkylation sites (N-methyl/N-ethyl adjacent to an activating group) is 1. The van der Waals surface area contributed by atoms with E-state index in [1.54, 1.807) is 0 Å². The lowest BCUT2D eigenvalue weighted by Gasteiger charge is -2.42. The van der Waals surface area contributed by atoms with Crippen molar-refractivity contribution in [2.45, 2.75) is 25.8 Å². The zero-order valence-corrected chi connectivity index (χ0v) is 15.7. The minimum atomic E-state index is -0.173. The van der Waals surface area contributed by atoms with Gasteiger partial charge in [-0.15, -0.1) is 0 Å². The Hall–Kier alpha value is -1.23. The molecule has 2 aliphatic heterocycles. The summed E-state index contributed by atoms with van der Waals surface area (Å²) in [4.78, 5) is 7.65. The van der Waals surface area contributed by atoms with Crippen molar-refractivity contribution in [2.75, 3.05) is 52.9 Å². The van der Waals surface area contributed by atoms with E-state index >= 15 is 0 Å². The van der Waals surface area contributed by atoms with E-state index in [2.05, 4.69) is 40.8 Å². The molecule has 4 heteroatoms. The van der Waals surface area contributed by atoms with Crippen LogP contribution >= 0.6 is 0 Å². The first-order valence-corrected chi connectivity index (χ1v) is 9.69. The molecule has 138 valence electrons. The van der Waals surface area contributed by atoms with E-state index < -0.39 is 0 Å². The molecule has 2 heterocycles. The summed E-state index contributed by atoms with van der Waals surface area (Å²) in [5.74, 6) is 0.662. The number of likely N-dealkylation sites (tertiary alicyclic amines) is 1. The second kappa shape index (κ2) is 8.93. The van der Waals surface area contributed by atoms with Crippen LogP contribution in [-0.4, -0.2) is 73.6 Å². The van der Waals surface area contributed by atoms with E-state index in [1.807, 2.05) is 12.1 Å². The van der Waals surface area contributed by atoms with Crippen LogP contribution in [0.1, 0.15) is 25.3 Å². The standard InChI is InChI=1S/C21H32FN3/c1-18(25-16-14-23(2)15-17-25)20-9-12-24(13-10-20)11-3-4-19-5-7-21(22)8-6-19/h3-8,18,20H,9-17H2,1-2H3/b4-3+/t18-/m0/s1. The van der Waals surface area contributed by atoms with Gasteiger partial charge < -0.3 is 4.90 Å². The fourth-order valence-corrected chi connectivity index (χ4v) is 4.06. The number of benzene rings is 1. The third-order valence-electron chi connectivity index (χ3n) is 5.97. The highest BCUT2D eigenvalue weighted by molar-refractivity contribution is 5.48. The van der Waals surface area contributed by atoms with Crippen molar-refractivity contribution in [1.82, 2.24) is 14.7 Å². The van der Waals surface area contributed by atoms with Crippen LogP contribution in [0.2, 0.25) is 0 Å². The van der Waals surface area contributed by atoms with Crippen LogP contribution in [0.4, 0.5) is 4.39 Å². The smallest absolute Gasteiger partial charge is 0.123 e. The lowest BCUT2D eigenvalue weighted by atomic mass is 9.89. The van der Waals surface area contributed by atoms with E-state index in [1.165, 1.54) is 64.2 Å². The van der Waals surface area contributed by atoms with E-state index in [0.717, 1.165) is 18.0 Å². The van der Waals surface area contributed by atoms with Gasteiger partial charge in [0.15, 0.2) is 0 Å². The molecule has 1 atom stereocenters. The van der Waals surface area contributed by atoms with Gasteiger partial charge in [-0.1, -0.05) is 24.3 Å². The Morgan fingerprint density at radius 2 is 1.68 bits per heavy atom. The van der Waals surface area contributed by atoms with Crippen LogP contribution in [0, 0.1) is 11.7 Å². The normalized spacial score (nSPS) is 23.3. The number of piperazine rings is 1. The molecule has 2 aliphatic rings. The van der Waals surface area contributed by atoms with Crippen LogP contribution in [0.25, 0.3) is 6.08 Å². The lowest BCUT2D eigenvalue weighted by molar-refractivity contribution is 0.0635. The Morgan fingerprint density at radius 3 is 2.32 bits per heavy atom. The van der Waals surface area contributed by atoms with Crippen LogP contribution in [0.15, 0.2) is 30.3 Å². The first-order valence-electron chi connectivity index (χ1n) is 9.69. The van der Waals surface area contributed by atoms with Gasteiger partial charge in [0.2, 0.25) is 0 Å². The summed E-state index contributed by atoms with van der Waals surface area (Å²) >= 11 is 0. The first kappa shape index (κ1) is 18.6. The number of piperidine rings is 1. The quantitative estimate of drug-likeness (QED) is 0.811. The number of hydrogen-bond donors (Lipinski definition) is 0. The van der Waals surface area contributed by atoms with E-state index in [-0.39, 0.29) is 5.82 Å². The van der Waals surface area contributed by atoms with Gasteiger partial charge in [0, 0.05) is 38.8 Å². The highest BCUT2D eigenvalue weighted by atomic mass is 19.1. The number of hydrogen-bond acceptors (Lipinski definition) is 3. The predicted octanol–water partition coefficient (Wildman–Crippen LogP) is 3.19. The second-order valence-electron chi connectivity index (χ2n) is 7.67. The Kier molecular flexibility index (Phi) is 6.63. The molecule has 0 spiro atoms. The van der Waals surface area contributed by atoms with Crippen LogP contribution in [0.3, 0.4) is 0 Å². The molecule has 0 aliphatic carbocycles. The van der Waals surface area contributed by atoms with Crippen LogP contribution < -0.4 is 0 Å². The molecule has 3 nitrogen and oxygen atoms in total. The SMILES string of the molecule is C[C@@H](C1CCN(C/C=C/c2ccc(F)cc2)CC1)N1CCN(C)CC1. The minimum Gasteiger partial charge on any atom is -0.304 e. The third kappa shape index (κ3) is 5.37.